The second-order valence-corrected chi connectivity index (χ2v) is 7.65. The lowest BCUT2D eigenvalue weighted by Gasteiger charge is -2.34. The average molecular weight is 342 g/mol. The van der Waals surface area contributed by atoms with Gasteiger partial charge in [0.05, 0.1) is 45.1 Å². The van der Waals surface area contributed by atoms with Crippen molar-refractivity contribution in [1.82, 2.24) is 10.2 Å². The van der Waals surface area contributed by atoms with Gasteiger partial charge in [-0.2, -0.15) is 0 Å². The number of hydrogen-bond donors (Lipinski definition) is 1. The molecule has 0 bridgehead atoms. The summed E-state index contributed by atoms with van der Waals surface area (Å²) < 4.78 is 22.0. The number of urea groups is 1. The summed E-state index contributed by atoms with van der Waals surface area (Å²) in [6.07, 6.45) is 0.648. The van der Waals surface area contributed by atoms with E-state index in [2.05, 4.69) is 19.2 Å². The first kappa shape index (κ1) is 17.9. The molecule has 2 unspecified atom stereocenters. The van der Waals surface area contributed by atoms with Crippen LogP contribution >= 0.6 is 0 Å². The number of amides is 2. The summed E-state index contributed by atoms with van der Waals surface area (Å²) in [7, 11) is 1.65. The molecule has 0 saturated carbocycles. The van der Waals surface area contributed by atoms with Crippen molar-refractivity contribution in [3.63, 3.8) is 0 Å². The Bertz CT molecular complexity index is 445. The molecule has 3 aliphatic heterocycles. The predicted molar refractivity (Wildman–Crippen MR) is 88.0 cm³/mol. The molecule has 1 N–H and O–H groups in total. The Labute approximate surface area is 143 Å². The van der Waals surface area contributed by atoms with Crippen molar-refractivity contribution in [3.05, 3.63) is 0 Å². The van der Waals surface area contributed by atoms with Gasteiger partial charge < -0.3 is 29.2 Å². The Hall–Kier alpha value is -0.890. The Morgan fingerprint density at radius 2 is 2.08 bits per heavy atom. The third kappa shape index (κ3) is 3.69. The minimum atomic E-state index is -0.121. The van der Waals surface area contributed by atoms with Crippen molar-refractivity contribution >= 4 is 6.03 Å². The number of likely N-dealkylation sites (tertiary alicyclic amines) is 1. The molecule has 138 valence electrons. The van der Waals surface area contributed by atoms with E-state index < -0.39 is 0 Å². The fraction of sp³-hybridized carbons (Fsp3) is 0.941. The SMILES string of the molecule is COCCOC1COCCC1NC(=O)N1CC(C)(C)[C@@H]2COC[C@@H]21. The predicted octanol–water partition coefficient (Wildman–Crippen LogP) is 0.873. The molecule has 0 spiro atoms. The molecule has 3 rings (SSSR count). The number of rotatable bonds is 5. The maximum atomic E-state index is 12.9. The highest BCUT2D eigenvalue weighted by molar-refractivity contribution is 5.75. The molecular formula is C17H30N2O5. The molecule has 0 aromatic heterocycles. The number of fused-ring (bicyclic) bond motifs is 1. The third-order valence-electron chi connectivity index (χ3n) is 5.53. The number of hydrogen-bond acceptors (Lipinski definition) is 5. The fourth-order valence-electron chi connectivity index (χ4n) is 4.06. The largest absolute Gasteiger partial charge is 0.382 e. The Morgan fingerprint density at radius 1 is 1.25 bits per heavy atom. The Kier molecular flexibility index (Phi) is 5.64. The van der Waals surface area contributed by atoms with Gasteiger partial charge in [0, 0.05) is 26.2 Å². The first-order valence-electron chi connectivity index (χ1n) is 8.86. The van der Waals surface area contributed by atoms with Crippen LogP contribution in [0.5, 0.6) is 0 Å². The monoisotopic (exact) mass is 342 g/mol. The van der Waals surface area contributed by atoms with E-state index in [-0.39, 0.29) is 29.6 Å². The van der Waals surface area contributed by atoms with Gasteiger partial charge in [0.2, 0.25) is 0 Å². The van der Waals surface area contributed by atoms with Gasteiger partial charge in [-0.15, -0.1) is 0 Å². The first-order valence-corrected chi connectivity index (χ1v) is 8.86. The van der Waals surface area contributed by atoms with E-state index in [1.54, 1.807) is 7.11 Å². The Morgan fingerprint density at radius 3 is 2.88 bits per heavy atom. The van der Waals surface area contributed by atoms with E-state index in [1.165, 1.54) is 0 Å². The van der Waals surface area contributed by atoms with Crippen LogP contribution in [0, 0.1) is 11.3 Å². The van der Waals surface area contributed by atoms with Crippen molar-refractivity contribution in [1.29, 1.82) is 0 Å². The van der Waals surface area contributed by atoms with Crippen LogP contribution in [0.2, 0.25) is 0 Å². The second kappa shape index (κ2) is 7.56. The van der Waals surface area contributed by atoms with Crippen molar-refractivity contribution in [2.45, 2.75) is 38.5 Å². The summed E-state index contributed by atoms with van der Waals surface area (Å²) in [5, 5.41) is 3.17. The first-order chi connectivity index (χ1) is 11.5. The molecule has 3 heterocycles. The summed E-state index contributed by atoms with van der Waals surface area (Å²) in [5.74, 6) is 0.423. The lowest BCUT2D eigenvalue weighted by atomic mass is 9.80. The zero-order chi connectivity index (χ0) is 17.2. The fourth-order valence-corrected chi connectivity index (χ4v) is 4.06. The maximum absolute atomic E-state index is 12.9. The highest BCUT2D eigenvalue weighted by Gasteiger charge is 2.51. The zero-order valence-corrected chi connectivity index (χ0v) is 15.0. The van der Waals surface area contributed by atoms with Gasteiger partial charge in [-0.05, 0) is 11.8 Å². The molecule has 0 aliphatic carbocycles. The topological polar surface area (TPSA) is 69.3 Å². The number of nitrogens with zero attached hydrogens (tertiary/aromatic N) is 1. The van der Waals surface area contributed by atoms with Gasteiger partial charge in [0.25, 0.3) is 0 Å². The second-order valence-electron chi connectivity index (χ2n) is 7.65. The minimum absolute atomic E-state index is 0.00619. The molecule has 24 heavy (non-hydrogen) atoms. The summed E-state index contributed by atoms with van der Waals surface area (Å²) in [4.78, 5) is 14.8. The number of methoxy groups -OCH3 is 1. The van der Waals surface area contributed by atoms with Crippen LogP contribution in [-0.4, -0.2) is 82.4 Å². The molecule has 0 aromatic carbocycles. The molecule has 3 fully saturated rings. The molecule has 0 aromatic rings. The summed E-state index contributed by atoms with van der Waals surface area (Å²) in [6, 6.07) is 0.161. The van der Waals surface area contributed by atoms with Gasteiger partial charge in [-0.3, -0.25) is 0 Å². The van der Waals surface area contributed by atoms with E-state index in [0.29, 0.717) is 39.0 Å². The number of carbonyl (C=O) groups is 1. The number of carbonyl (C=O) groups excluding carboxylic acids is 1. The van der Waals surface area contributed by atoms with Crippen LogP contribution in [0.3, 0.4) is 0 Å². The lowest BCUT2D eigenvalue weighted by Crippen LogP contribution is -2.55. The van der Waals surface area contributed by atoms with E-state index in [0.717, 1.165) is 19.6 Å². The van der Waals surface area contributed by atoms with Crippen LogP contribution in [0.4, 0.5) is 4.79 Å². The quantitative estimate of drug-likeness (QED) is 0.751. The lowest BCUT2D eigenvalue weighted by molar-refractivity contribution is -0.0766. The van der Waals surface area contributed by atoms with Gasteiger partial charge in [-0.1, -0.05) is 13.8 Å². The number of ether oxygens (including phenoxy) is 4. The van der Waals surface area contributed by atoms with E-state index in [4.69, 9.17) is 18.9 Å². The molecule has 7 nitrogen and oxygen atoms in total. The standard InChI is InChI=1S/C17H30N2O5/c1-17(2)11-19(14-9-23-8-12(14)17)16(20)18-13-4-5-22-10-15(13)24-7-6-21-3/h12-15H,4-11H2,1-3H3,(H,18,20)/t12-,13?,14+,15?/m1/s1. The molecule has 3 saturated heterocycles. The third-order valence-corrected chi connectivity index (χ3v) is 5.53. The van der Waals surface area contributed by atoms with Gasteiger partial charge in [-0.25, -0.2) is 4.79 Å². The van der Waals surface area contributed by atoms with Crippen LogP contribution in [0.1, 0.15) is 20.3 Å². The van der Waals surface area contributed by atoms with Crippen LogP contribution in [0.25, 0.3) is 0 Å². The van der Waals surface area contributed by atoms with Crippen LogP contribution in [0.15, 0.2) is 0 Å². The van der Waals surface area contributed by atoms with Crippen LogP contribution in [-0.2, 0) is 18.9 Å². The average Bonchev–Trinajstić information content (AvgIpc) is 3.13. The molecule has 7 heteroatoms. The van der Waals surface area contributed by atoms with Crippen molar-refractivity contribution in [2.24, 2.45) is 11.3 Å². The minimum Gasteiger partial charge on any atom is -0.382 e. The highest BCUT2D eigenvalue weighted by atomic mass is 16.6. The van der Waals surface area contributed by atoms with E-state index in [1.807, 2.05) is 4.90 Å². The van der Waals surface area contributed by atoms with Crippen molar-refractivity contribution in [3.8, 4) is 0 Å². The summed E-state index contributed by atoms with van der Waals surface area (Å²) >= 11 is 0. The zero-order valence-electron chi connectivity index (χ0n) is 15.0. The highest BCUT2D eigenvalue weighted by Crippen LogP contribution is 2.43. The molecule has 0 radical (unpaired) electrons. The van der Waals surface area contributed by atoms with Gasteiger partial charge in [0.1, 0.15) is 6.10 Å². The molecule has 4 atom stereocenters. The molecular weight excluding hydrogens is 312 g/mol. The summed E-state index contributed by atoms with van der Waals surface area (Å²) in [6.45, 7) is 8.81. The Balaban J connectivity index is 1.58. The normalized spacial score (nSPS) is 35.0. The van der Waals surface area contributed by atoms with Gasteiger partial charge >= 0.3 is 6.03 Å². The van der Waals surface area contributed by atoms with Crippen LogP contribution < -0.4 is 5.32 Å². The smallest absolute Gasteiger partial charge is 0.318 e. The van der Waals surface area contributed by atoms with E-state index in [9.17, 15) is 4.79 Å². The molecule has 3 aliphatic rings. The van der Waals surface area contributed by atoms with Crippen molar-refractivity contribution < 1.29 is 23.7 Å². The van der Waals surface area contributed by atoms with Gasteiger partial charge in [0.15, 0.2) is 0 Å². The maximum Gasteiger partial charge on any atom is 0.318 e. The number of nitrogens with one attached hydrogen (secondary N) is 1. The summed E-state index contributed by atoms with van der Waals surface area (Å²) in [5.41, 5.74) is 0.0998. The molecule has 2 amide bonds. The van der Waals surface area contributed by atoms with Crippen molar-refractivity contribution in [2.75, 3.05) is 53.3 Å². The van der Waals surface area contributed by atoms with E-state index >= 15 is 0 Å².